The fraction of sp³-hybridized carbons (Fsp3) is 0.800. The van der Waals surface area contributed by atoms with Gasteiger partial charge in [0.1, 0.15) is 0 Å². The molecule has 0 aliphatic rings. The highest BCUT2D eigenvalue weighted by Gasteiger charge is 2.08. The Morgan fingerprint density at radius 1 is 1.60 bits per heavy atom. The van der Waals surface area contributed by atoms with Gasteiger partial charge in [-0.3, -0.25) is 10.1 Å². The molecular weight excluding hydrogens is 264 g/mol. The van der Waals surface area contributed by atoms with Crippen molar-refractivity contribution < 1.29 is 4.79 Å². The number of rotatable bonds is 3. The Morgan fingerprint density at radius 3 is 2.10 bits per heavy atom. The number of halogens is 2. The number of nitrogens with one attached hydrogen (secondary N) is 1. The summed E-state index contributed by atoms with van der Waals surface area (Å²) in [5, 5.41) is 2.88. The smallest absolute Gasteiger partial charge is 0.234 e. The summed E-state index contributed by atoms with van der Waals surface area (Å²) in [6.07, 6.45) is 0. The van der Waals surface area contributed by atoms with Crippen LogP contribution in [0, 0.1) is 0 Å². The second-order valence-electron chi connectivity index (χ2n) is 1.91. The van der Waals surface area contributed by atoms with Crippen molar-refractivity contribution in [3.8, 4) is 0 Å². The van der Waals surface area contributed by atoms with Crippen molar-refractivity contribution in [1.82, 2.24) is 5.32 Å². The van der Waals surface area contributed by atoms with E-state index in [2.05, 4.69) is 21.2 Å². The van der Waals surface area contributed by atoms with Crippen LogP contribution in [0.3, 0.4) is 0 Å². The molecule has 1 amide bonds. The summed E-state index contributed by atoms with van der Waals surface area (Å²) in [5.74, 6) is -0.332. The van der Waals surface area contributed by atoms with Gasteiger partial charge in [-0.1, -0.05) is 15.9 Å². The van der Waals surface area contributed by atoms with Crippen molar-refractivity contribution >= 4 is 38.8 Å². The average molecular weight is 276 g/mol. The molecule has 0 spiro atoms. The molecule has 62 valence electrons. The molecule has 3 N–H and O–H groups in total. The molecule has 0 aromatic rings. The highest BCUT2D eigenvalue weighted by Crippen LogP contribution is 1.93. The van der Waals surface area contributed by atoms with E-state index in [1.807, 2.05) is 6.92 Å². The van der Waals surface area contributed by atoms with E-state index in [0.717, 1.165) is 0 Å². The highest BCUT2D eigenvalue weighted by atomic mass is 79.9. The summed E-state index contributed by atoms with van der Waals surface area (Å²) in [6.45, 7) is 3.61. The standard InChI is InChI=1S/C5H11BrN2O.BrH/c1-3(5(7)9)8-4(2)6;/h3-4,8H,1-2H3,(H2,7,9);1H. The predicted octanol–water partition coefficient (Wildman–Crippen LogP) is 0.769. The number of amides is 1. The van der Waals surface area contributed by atoms with E-state index in [0.29, 0.717) is 0 Å². The van der Waals surface area contributed by atoms with Gasteiger partial charge in [0.15, 0.2) is 0 Å². The number of hydrogen-bond donors (Lipinski definition) is 2. The second kappa shape index (κ2) is 6.12. The van der Waals surface area contributed by atoms with E-state index in [1.54, 1.807) is 6.92 Å². The molecule has 2 atom stereocenters. The lowest BCUT2D eigenvalue weighted by Gasteiger charge is -2.10. The molecule has 0 radical (unpaired) electrons. The Bertz CT molecular complexity index is 108. The monoisotopic (exact) mass is 274 g/mol. The maximum absolute atomic E-state index is 10.4. The van der Waals surface area contributed by atoms with Crippen LogP contribution in [0.4, 0.5) is 0 Å². The van der Waals surface area contributed by atoms with Crippen LogP contribution in [0.1, 0.15) is 13.8 Å². The zero-order chi connectivity index (χ0) is 7.44. The van der Waals surface area contributed by atoms with E-state index >= 15 is 0 Å². The minimum atomic E-state index is -0.332. The maximum atomic E-state index is 10.4. The van der Waals surface area contributed by atoms with Crippen molar-refractivity contribution in [1.29, 1.82) is 0 Å². The van der Waals surface area contributed by atoms with Crippen LogP contribution in [0.15, 0.2) is 0 Å². The van der Waals surface area contributed by atoms with Gasteiger partial charge in [0.25, 0.3) is 0 Å². The van der Waals surface area contributed by atoms with Crippen LogP contribution < -0.4 is 11.1 Å². The van der Waals surface area contributed by atoms with Gasteiger partial charge < -0.3 is 5.73 Å². The van der Waals surface area contributed by atoms with Gasteiger partial charge in [-0.05, 0) is 13.8 Å². The first kappa shape index (κ1) is 13.0. The molecule has 0 aromatic carbocycles. The maximum Gasteiger partial charge on any atom is 0.234 e. The van der Waals surface area contributed by atoms with E-state index < -0.39 is 0 Å². The number of carbonyl (C=O) groups is 1. The summed E-state index contributed by atoms with van der Waals surface area (Å²) < 4.78 is 0. The quantitative estimate of drug-likeness (QED) is 0.591. The molecule has 0 aliphatic carbocycles. The Balaban J connectivity index is 0. The van der Waals surface area contributed by atoms with Crippen molar-refractivity contribution in [2.45, 2.75) is 24.8 Å². The van der Waals surface area contributed by atoms with Gasteiger partial charge in [-0.15, -0.1) is 17.0 Å². The SMILES string of the molecule is Br.CC(Br)NC(C)C(N)=O. The average Bonchev–Trinajstić information content (AvgIpc) is 1.63. The lowest BCUT2D eigenvalue weighted by molar-refractivity contribution is -0.119. The van der Waals surface area contributed by atoms with Crippen molar-refractivity contribution in [3.05, 3.63) is 0 Å². The predicted molar refractivity (Wildman–Crippen MR) is 50.5 cm³/mol. The van der Waals surface area contributed by atoms with Crippen LogP contribution >= 0.6 is 32.9 Å². The van der Waals surface area contributed by atoms with E-state index in [9.17, 15) is 4.79 Å². The molecule has 0 aromatic heterocycles. The summed E-state index contributed by atoms with van der Waals surface area (Å²) >= 11 is 3.22. The van der Waals surface area contributed by atoms with Crippen molar-refractivity contribution in [2.75, 3.05) is 0 Å². The summed E-state index contributed by atoms with van der Waals surface area (Å²) in [7, 11) is 0. The lowest BCUT2D eigenvalue weighted by atomic mass is 10.3. The molecule has 0 aliphatic heterocycles. The molecule has 5 heteroatoms. The van der Waals surface area contributed by atoms with E-state index in [-0.39, 0.29) is 33.9 Å². The zero-order valence-corrected chi connectivity index (χ0v) is 9.23. The minimum Gasteiger partial charge on any atom is -0.368 e. The molecule has 2 unspecified atom stereocenters. The number of alkyl halides is 1. The molecule has 0 heterocycles. The molecule has 0 rings (SSSR count). The lowest BCUT2D eigenvalue weighted by Crippen LogP contribution is -2.41. The Labute approximate surface area is 79.6 Å². The third kappa shape index (κ3) is 6.51. The van der Waals surface area contributed by atoms with Gasteiger partial charge in [0, 0.05) is 0 Å². The molecule has 10 heavy (non-hydrogen) atoms. The Hall–Kier alpha value is 0.390. The van der Waals surface area contributed by atoms with Crippen LogP contribution in [0.25, 0.3) is 0 Å². The molecule has 0 fully saturated rings. The highest BCUT2D eigenvalue weighted by molar-refractivity contribution is 9.09. The third-order valence-corrected chi connectivity index (χ3v) is 1.17. The first-order chi connectivity index (χ1) is 4.04. The molecule has 0 saturated heterocycles. The number of primary amides is 1. The summed E-state index contributed by atoms with van der Waals surface area (Å²) in [4.78, 5) is 10.5. The number of nitrogens with two attached hydrogens (primary N) is 1. The molecule has 0 saturated carbocycles. The van der Waals surface area contributed by atoms with Gasteiger partial charge in [-0.2, -0.15) is 0 Å². The minimum absolute atomic E-state index is 0. The zero-order valence-electron chi connectivity index (χ0n) is 5.93. The normalized spacial score (nSPS) is 15.1. The first-order valence-electron chi connectivity index (χ1n) is 2.73. The number of hydrogen-bond acceptors (Lipinski definition) is 2. The van der Waals surface area contributed by atoms with E-state index in [1.165, 1.54) is 0 Å². The Kier molecular flexibility index (Phi) is 7.97. The van der Waals surface area contributed by atoms with Crippen LogP contribution in [0.2, 0.25) is 0 Å². The van der Waals surface area contributed by atoms with E-state index in [4.69, 9.17) is 5.73 Å². The molecule has 3 nitrogen and oxygen atoms in total. The van der Waals surface area contributed by atoms with Gasteiger partial charge in [0.05, 0.1) is 11.0 Å². The fourth-order valence-electron chi connectivity index (χ4n) is 0.427. The van der Waals surface area contributed by atoms with Crippen LogP contribution in [0.5, 0.6) is 0 Å². The molecule has 0 bridgehead atoms. The van der Waals surface area contributed by atoms with Gasteiger partial charge in [-0.25, -0.2) is 0 Å². The second-order valence-corrected chi connectivity index (χ2v) is 3.28. The van der Waals surface area contributed by atoms with Crippen molar-refractivity contribution in [2.24, 2.45) is 5.73 Å². The van der Waals surface area contributed by atoms with Gasteiger partial charge >= 0.3 is 0 Å². The molecular formula is C5H12Br2N2O. The topological polar surface area (TPSA) is 55.1 Å². The largest absolute Gasteiger partial charge is 0.368 e. The fourth-order valence-corrected chi connectivity index (χ4v) is 0.823. The van der Waals surface area contributed by atoms with Crippen molar-refractivity contribution in [3.63, 3.8) is 0 Å². The van der Waals surface area contributed by atoms with Crippen LogP contribution in [-0.4, -0.2) is 16.9 Å². The first-order valence-corrected chi connectivity index (χ1v) is 3.65. The third-order valence-electron chi connectivity index (χ3n) is 0.906. The summed E-state index contributed by atoms with van der Waals surface area (Å²) in [6, 6.07) is -0.264. The number of carbonyl (C=O) groups excluding carboxylic acids is 1. The summed E-state index contributed by atoms with van der Waals surface area (Å²) in [5.41, 5.74) is 4.96. The van der Waals surface area contributed by atoms with Crippen LogP contribution in [-0.2, 0) is 4.79 Å². The Morgan fingerprint density at radius 2 is 2.00 bits per heavy atom. The van der Waals surface area contributed by atoms with Gasteiger partial charge in [0.2, 0.25) is 5.91 Å².